The molecule has 2 N–H and O–H groups in total. The van der Waals surface area contributed by atoms with E-state index in [1.165, 1.54) is 58.7 Å². The number of benzene rings is 6. The van der Waals surface area contributed by atoms with Gasteiger partial charge in [-0.15, -0.1) is 0 Å². The Hall–Kier alpha value is -3.92. The first-order valence-corrected chi connectivity index (χ1v) is 16.4. The lowest BCUT2D eigenvalue weighted by atomic mass is 9.49. The molecular formula is C41H37BO2. The lowest BCUT2D eigenvalue weighted by Crippen LogP contribution is -2.49. The molecule has 3 aliphatic rings. The second-order valence-electron chi connectivity index (χ2n) is 14.1. The van der Waals surface area contributed by atoms with E-state index < -0.39 is 7.12 Å². The van der Waals surface area contributed by atoms with Gasteiger partial charge in [-0.2, -0.15) is 0 Å². The molecule has 0 heterocycles. The maximum absolute atomic E-state index is 10.5. The van der Waals surface area contributed by atoms with Gasteiger partial charge in [-0.3, -0.25) is 0 Å². The van der Waals surface area contributed by atoms with Crippen molar-refractivity contribution in [1.29, 1.82) is 0 Å². The van der Waals surface area contributed by atoms with E-state index >= 15 is 0 Å². The summed E-state index contributed by atoms with van der Waals surface area (Å²) in [6.45, 7) is 5.02. The van der Waals surface area contributed by atoms with Gasteiger partial charge in [0.15, 0.2) is 0 Å². The summed E-state index contributed by atoms with van der Waals surface area (Å²) in [6, 6.07) is 37.5. The highest BCUT2D eigenvalue weighted by atomic mass is 16.4. The van der Waals surface area contributed by atoms with Gasteiger partial charge in [0.2, 0.25) is 0 Å². The zero-order valence-electron chi connectivity index (χ0n) is 25.4. The van der Waals surface area contributed by atoms with E-state index in [0.717, 1.165) is 38.9 Å². The van der Waals surface area contributed by atoms with Gasteiger partial charge in [0.25, 0.3) is 0 Å². The maximum atomic E-state index is 10.5. The highest BCUT2D eigenvalue weighted by molar-refractivity contribution is 6.66. The molecule has 0 aliphatic heterocycles. The third kappa shape index (κ3) is 3.46. The summed E-state index contributed by atoms with van der Waals surface area (Å²) in [4.78, 5) is 0. The molecule has 3 aliphatic carbocycles. The number of hydrogen-bond donors (Lipinski definition) is 2. The zero-order chi connectivity index (χ0) is 29.7. The maximum Gasteiger partial charge on any atom is 0.489 e. The molecule has 5 atom stereocenters. The van der Waals surface area contributed by atoms with Crippen LogP contribution in [0.2, 0.25) is 0 Å². The van der Waals surface area contributed by atoms with Gasteiger partial charge in [0.05, 0.1) is 0 Å². The van der Waals surface area contributed by atoms with Crippen molar-refractivity contribution in [2.24, 2.45) is 23.7 Å². The molecule has 0 saturated heterocycles. The minimum atomic E-state index is -1.55. The third-order valence-corrected chi connectivity index (χ3v) is 11.8. The number of fused-ring (bicyclic) bond motifs is 12. The fourth-order valence-electron chi connectivity index (χ4n) is 10.4. The summed E-state index contributed by atoms with van der Waals surface area (Å²) in [5, 5.41) is 27.6. The van der Waals surface area contributed by atoms with Gasteiger partial charge < -0.3 is 10.0 Å². The first-order chi connectivity index (χ1) is 21.5. The molecule has 5 unspecified atom stereocenters. The minimum absolute atomic E-state index is 0.0351. The lowest BCUT2D eigenvalue weighted by Gasteiger charge is -2.54. The molecule has 3 heteroatoms. The fourth-order valence-corrected chi connectivity index (χ4v) is 10.4. The first-order valence-electron chi connectivity index (χ1n) is 16.4. The van der Waals surface area contributed by atoms with Crippen molar-refractivity contribution < 1.29 is 10.0 Å². The van der Waals surface area contributed by atoms with Gasteiger partial charge in [-0.1, -0.05) is 111 Å². The molecule has 0 radical (unpaired) electrons. The van der Waals surface area contributed by atoms with Crippen LogP contribution in [0.3, 0.4) is 0 Å². The summed E-state index contributed by atoms with van der Waals surface area (Å²) >= 11 is 0. The SMILES string of the molecule is CC1CC2CC(C)C3(c4ccc(-c5c6ccccc6c(B(O)O)c6ccccc56)cc4-c4c3ccc3ccccc43)C(C1)C2. The van der Waals surface area contributed by atoms with Crippen LogP contribution in [0.15, 0.2) is 103 Å². The average molecular weight is 573 g/mol. The quantitative estimate of drug-likeness (QED) is 0.161. The van der Waals surface area contributed by atoms with E-state index in [4.69, 9.17) is 0 Å². The molecular weight excluding hydrogens is 535 g/mol. The van der Waals surface area contributed by atoms with Crippen molar-refractivity contribution >= 4 is 44.9 Å². The van der Waals surface area contributed by atoms with Crippen LogP contribution in [-0.4, -0.2) is 17.2 Å². The summed E-state index contributed by atoms with van der Waals surface area (Å²) in [6.07, 6.45) is 5.32. The second kappa shape index (κ2) is 9.54. The number of rotatable bonds is 2. The summed E-state index contributed by atoms with van der Waals surface area (Å²) in [7, 11) is -1.55. The van der Waals surface area contributed by atoms with Crippen molar-refractivity contribution in [1.82, 2.24) is 0 Å². The van der Waals surface area contributed by atoms with Crippen molar-refractivity contribution in [3.8, 4) is 22.3 Å². The standard InChI is InChI=1S/C41H37BO2/c1-24-19-26-21-25(2)41(29(20-24)22-26)36-17-16-28(23-35(36)39-30-10-4-3-9-27(30)15-18-37(39)41)38-31-11-5-7-13-33(31)40(42(43)44)34-14-8-6-12-32(34)38/h3-18,23-26,29,43-44H,19-22H2,1-2H3. The Morgan fingerprint density at radius 2 is 1.25 bits per heavy atom. The molecule has 0 amide bonds. The highest BCUT2D eigenvalue weighted by Crippen LogP contribution is 2.65. The van der Waals surface area contributed by atoms with Gasteiger partial charge in [0, 0.05) is 5.41 Å². The van der Waals surface area contributed by atoms with E-state index in [2.05, 4.69) is 92.7 Å². The molecule has 2 fully saturated rings. The smallest absolute Gasteiger partial charge is 0.423 e. The van der Waals surface area contributed by atoms with Gasteiger partial charge in [-0.25, -0.2) is 0 Å². The third-order valence-electron chi connectivity index (χ3n) is 11.8. The van der Waals surface area contributed by atoms with Crippen LogP contribution in [0.25, 0.3) is 54.6 Å². The summed E-state index contributed by atoms with van der Waals surface area (Å²) < 4.78 is 0. The molecule has 9 rings (SSSR count). The number of hydrogen-bond acceptors (Lipinski definition) is 2. The Morgan fingerprint density at radius 3 is 1.95 bits per heavy atom. The Balaban J connectivity index is 1.38. The molecule has 1 spiro atoms. The molecule has 44 heavy (non-hydrogen) atoms. The van der Waals surface area contributed by atoms with E-state index in [-0.39, 0.29) is 5.41 Å². The zero-order valence-corrected chi connectivity index (χ0v) is 25.4. The monoisotopic (exact) mass is 572 g/mol. The van der Waals surface area contributed by atoms with E-state index in [0.29, 0.717) is 17.3 Å². The van der Waals surface area contributed by atoms with Crippen LogP contribution in [0.5, 0.6) is 0 Å². The van der Waals surface area contributed by atoms with E-state index in [9.17, 15) is 10.0 Å². The Morgan fingerprint density at radius 1 is 0.614 bits per heavy atom. The van der Waals surface area contributed by atoms with E-state index in [1.807, 2.05) is 24.3 Å². The first kappa shape index (κ1) is 26.5. The van der Waals surface area contributed by atoms with Gasteiger partial charge in [-0.05, 0) is 127 Å². The fraction of sp³-hybridized carbons (Fsp3) is 0.268. The lowest BCUT2D eigenvalue weighted by molar-refractivity contribution is 0.0426. The van der Waals surface area contributed by atoms with E-state index in [1.54, 1.807) is 5.56 Å². The van der Waals surface area contributed by atoms with Crippen LogP contribution < -0.4 is 5.46 Å². The molecule has 2 bridgehead atoms. The van der Waals surface area contributed by atoms with Crippen LogP contribution >= 0.6 is 0 Å². The predicted octanol–water partition coefficient (Wildman–Crippen LogP) is 8.85. The predicted molar refractivity (Wildman–Crippen MR) is 184 cm³/mol. The van der Waals surface area contributed by atoms with Crippen LogP contribution in [0.1, 0.15) is 50.7 Å². The molecule has 2 nitrogen and oxygen atoms in total. The molecule has 0 aromatic heterocycles. The normalized spacial score (nSPS) is 25.5. The highest BCUT2D eigenvalue weighted by Gasteiger charge is 2.56. The van der Waals surface area contributed by atoms with Gasteiger partial charge in [0.1, 0.15) is 0 Å². The summed E-state index contributed by atoms with van der Waals surface area (Å²) in [5.41, 5.74) is 8.84. The van der Waals surface area contributed by atoms with Crippen molar-refractivity contribution in [3.05, 3.63) is 114 Å². The van der Waals surface area contributed by atoms with Crippen molar-refractivity contribution in [2.45, 2.75) is 44.9 Å². The Bertz CT molecular complexity index is 2070. The molecule has 2 saturated carbocycles. The molecule has 6 aromatic carbocycles. The van der Waals surface area contributed by atoms with Crippen LogP contribution in [0, 0.1) is 23.7 Å². The van der Waals surface area contributed by atoms with Crippen LogP contribution in [-0.2, 0) is 5.41 Å². The Labute approximate surface area is 259 Å². The average Bonchev–Trinajstić information content (AvgIpc) is 3.33. The van der Waals surface area contributed by atoms with Crippen molar-refractivity contribution in [3.63, 3.8) is 0 Å². The van der Waals surface area contributed by atoms with Crippen LogP contribution in [0.4, 0.5) is 0 Å². The molecule has 6 aromatic rings. The molecule has 216 valence electrons. The largest absolute Gasteiger partial charge is 0.489 e. The second-order valence-corrected chi connectivity index (χ2v) is 14.1. The minimum Gasteiger partial charge on any atom is -0.423 e. The topological polar surface area (TPSA) is 40.5 Å². The summed E-state index contributed by atoms with van der Waals surface area (Å²) in [5.74, 6) is 2.85. The van der Waals surface area contributed by atoms with Gasteiger partial charge >= 0.3 is 7.12 Å². The Kier molecular flexibility index (Phi) is 5.74. The van der Waals surface area contributed by atoms with Crippen molar-refractivity contribution in [2.75, 3.05) is 0 Å².